The highest BCUT2D eigenvalue weighted by molar-refractivity contribution is 7.80. The maximum absolute atomic E-state index is 5.64. The van der Waals surface area contributed by atoms with Crippen molar-refractivity contribution in [1.82, 2.24) is 10.2 Å². The molecular weight excluding hydrogens is 280 g/mol. The van der Waals surface area contributed by atoms with Gasteiger partial charge in [0.1, 0.15) is 10.7 Å². The number of piperidine rings is 1. The van der Waals surface area contributed by atoms with E-state index in [1.54, 1.807) is 0 Å². The Hall–Kier alpha value is -1.13. The van der Waals surface area contributed by atoms with E-state index in [0.717, 1.165) is 29.4 Å². The van der Waals surface area contributed by atoms with Crippen LogP contribution >= 0.6 is 12.2 Å². The summed E-state index contributed by atoms with van der Waals surface area (Å²) in [6, 6.07) is 8.00. The van der Waals surface area contributed by atoms with Crippen molar-refractivity contribution in [1.29, 1.82) is 0 Å². The van der Waals surface area contributed by atoms with Gasteiger partial charge in [0.15, 0.2) is 0 Å². The molecule has 116 valence electrons. The topological polar surface area (TPSA) is 24.5 Å². The molecule has 1 heterocycles. The van der Waals surface area contributed by atoms with E-state index in [1.807, 2.05) is 38.1 Å². The quantitative estimate of drug-likeness (QED) is 0.816. The Bertz CT molecular complexity index is 439. The number of nitrogens with one attached hydrogen (secondary N) is 1. The monoisotopic (exact) mass is 306 g/mol. The van der Waals surface area contributed by atoms with Gasteiger partial charge in [0, 0.05) is 18.7 Å². The minimum atomic E-state index is 0.200. The smallest absolute Gasteiger partial charge is 0.119 e. The molecule has 1 aliphatic heterocycles. The molecule has 1 saturated heterocycles. The van der Waals surface area contributed by atoms with Gasteiger partial charge in [-0.15, -0.1) is 0 Å². The minimum Gasteiger partial charge on any atom is -0.491 e. The second-order valence-electron chi connectivity index (χ2n) is 5.85. The van der Waals surface area contributed by atoms with Crippen LogP contribution in [-0.2, 0) is 0 Å². The molecule has 0 amide bonds. The molecule has 0 bridgehead atoms. The van der Waals surface area contributed by atoms with E-state index in [9.17, 15) is 0 Å². The van der Waals surface area contributed by atoms with E-state index < -0.39 is 0 Å². The average molecular weight is 306 g/mol. The van der Waals surface area contributed by atoms with Gasteiger partial charge in [-0.25, -0.2) is 0 Å². The van der Waals surface area contributed by atoms with Gasteiger partial charge >= 0.3 is 0 Å². The van der Waals surface area contributed by atoms with Crippen LogP contribution in [0.25, 0.3) is 0 Å². The first-order chi connectivity index (χ1) is 10.1. The molecular formula is C17H26N2OS. The van der Waals surface area contributed by atoms with E-state index in [1.165, 1.54) is 32.4 Å². The Labute approximate surface area is 133 Å². The number of likely N-dealkylation sites (tertiary alicyclic amines) is 1. The summed E-state index contributed by atoms with van der Waals surface area (Å²) >= 11 is 5.45. The van der Waals surface area contributed by atoms with Crippen LogP contribution in [0.2, 0.25) is 0 Å². The van der Waals surface area contributed by atoms with Gasteiger partial charge in [0.2, 0.25) is 0 Å². The van der Waals surface area contributed by atoms with Gasteiger partial charge in [-0.1, -0.05) is 18.6 Å². The Morgan fingerprint density at radius 1 is 1.19 bits per heavy atom. The number of nitrogens with zero attached hydrogens (tertiary/aromatic N) is 1. The Morgan fingerprint density at radius 2 is 1.86 bits per heavy atom. The molecule has 0 aliphatic carbocycles. The van der Waals surface area contributed by atoms with Crippen LogP contribution < -0.4 is 10.1 Å². The highest BCUT2D eigenvalue weighted by Crippen LogP contribution is 2.14. The molecule has 0 unspecified atom stereocenters. The first-order valence-corrected chi connectivity index (χ1v) is 8.33. The average Bonchev–Trinajstić information content (AvgIpc) is 2.48. The molecule has 0 spiro atoms. The van der Waals surface area contributed by atoms with Crippen LogP contribution in [0, 0.1) is 0 Å². The van der Waals surface area contributed by atoms with Gasteiger partial charge in [-0.3, -0.25) is 0 Å². The van der Waals surface area contributed by atoms with E-state index in [4.69, 9.17) is 17.0 Å². The van der Waals surface area contributed by atoms with Crippen molar-refractivity contribution in [2.45, 2.75) is 39.2 Å². The van der Waals surface area contributed by atoms with Crippen LogP contribution in [0.15, 0.2) is 24.3 Å². The SMILES string of the molecule is CC(C)Oc1ccc(C(=S)NCCN2CCCCC2)cc1. The molecule has 1 aliphatic rings. The van der Waals surface area contributed by atoms with E-state index >= 15 is 0 Å². The fourth-order valence-electron chi connectivity index (χ4n) is 2.57. The highest BCUT2D eigenvalue weighted by Gasteiger charge is 2.09. The second kappa shape index (κ2) is 8.35. The van der Waals surface area contributed by atoms with E-state index in [2.05, 4.69) is 10.2 Å². The van der Waals surface area contributed by atoms with Crippen molar-refractivity contribution in [3.8, 4) is 5.75 Å². The number of benzene rings is 1. The zero-order valence-electron chi connectivity index (χ0n) is 13.1. The summed E-state index contributed by atoms with van der Waals surface area (Å²) in [5.41, 5.74) is 1.06. The van der Waals surface area contributed by atoms with Crippen LogP contribution in [0.4, 0.5) is 0 Å². The summed E-state index contributed by atoms with van der Waals surface area (Å²) < 4.78 is 5.64. The predicted molar refractivity (Wildman–Crippen MR) is 92.2 cm³/mol. The standard InChI is InChI=1S/C17H26N2OS/c1-14(2)20-16-8-6-15(7-9-16)17(21)18-10-13-19-11-4-3-5-12-19/h6-9,14H,3-5,10-13H2,1-2H3,(H,18,21). The van der Waals surface area contributed by atoms with Gasteiger partial charge in [0.25, 0.3) is 0 Å². The molecule has 3 nitrogen and oxygen atoms in total. The molecule has 0 saturated carbocycles. The molecule has 1 aromatic carbocycles. The van der Waals surface area contributed by atoms with Crippen molar-refractivity contribution in [3.05, 3.63) is 29.8 Å². The summed E-state index contributed by atoms with van der Waals surface area (Å²) in [7, 11) is 0. The van der Waals surface area contributed by atoms with Gasteiger partial charge in [0.05, 0.1) is 6.10 Å². The maximum atomic E-state index is 5.64. The van der Waals surface area contributed by atoms with Gasteiger partial charge in [-0.2, -0.15) is 0 Å². The summed E-state index contributed by atoms with van der Waals surface area (Å²) in [4.78, 5) is 3.33. The number of hydrogen-bond acceptors (Lipinski definition) is 3. The third kappa shape index (κ3) is 5.64. The van der Waals surface area contributed by atoms with Crippen LogP contribution in [0.1, 0.15) is 38.7 Å². The molecule has 1 aromatic rings. The van der Waals surface area contributed by atoms with Crippen LogP contribution in [-0.4, -0.2) is 42.2 Å². The summed E-state index contributed by atoms with van der Waals surface area (Å²) in [5.74, 6) is 0.893. The second-order valence-corrected chi connectivity index (χ2v) is 6.26. The number of hydrogen-bond donors (Lipinski definition) is 1. The molecule has 4 heteroatoms. The van der Waals surface area contributed by atoms with Gasteiger partial charge in [-0.05, 0) is 64.0 Å². The summed E-state index contributed by atoms with van der Waals surface area (Å²) in [5, 5.41) is 3.36. The molecule has 0 aromatic heterocycles. The third-order valence-electron chi connectivity index (χ3n) is 3.65. The van der Waals surface area contributed by atoms with Crippen molar-refractivity contribution in [2.24, 2.45) is 0 Å². The van der Waals surface area contributed by atoms with Crippen LogP contribution in [0.3, 0.4) is 0 Å². The molecule has 1 N–H and O–H groups in total. The normalized spacial score (nSPS) is 16.0. The van der Waals surface area contributed by atoms with Crippen LogP contribution in [0.5, 0.6) is 5.75 Å². The van der Waals surface area contributed by atoms with Crippen molar-refractivity contribution in [3.63, 3.8) is 0 Å². The van der Waals surface area contributed by atoms with Crippen molar-refractivity contribution < 1.29 is 4.74 Å². The zero-order valence-corrected chi connectivity index (χ0v) is 13.9. The largest absolute Gasteiger partial charge is 0.491 e. The van der Waals surface area contributed by atoms with Crippen molar-refractivity contribution in [2.75, 3.05) is 26.2 Å². The molecule has 0 radical (unpaired) electrons. The summed E-state index contributed by atoms with van der Waals surface area (Å²) in [6.45, 7) is 8.52. The van der Waals surface area contributed by atoms with E-state index in [-0.39, 0.29) is 6.10 Å². The molecule has 0 atom stereocenters. The molecule has 21 heavy (non-hydrogen) atoms. The lowest BCUT2D eigenvalue weighted by molar-refractivity contribution is 0.232. The Balaban J connectivity index is 1.74. The van der Waals surface area contributed by atoms with E-state index in [0.29, 0.717) is 0 Å². The van der Waals surface area contributed by atoms with Crippen molar-refractivity contribution >= 4 is 17.2 Å². The fraction of sp³-hybridized carbons (Fsp3) is 0.588. The lowest BCUT2D eigenvalue weighted by Gasteiger charge is -2.26. The maximum Gasteiger partial charge on any atom is 0.119 e. The van der Waals surface area contributed by atoms with Gasteiger partial charge < -0.3 is 15.0 Å². The number of thiocarbonyl (C=S) groups is 1. The number of ether oxygens (including phenoxy) is 1. The first-order valence-electron chi connectivity index (χ1n) is 7.92. The summed E-state index contributed by atoms with van der Waals surface area (Å²) in [6.07, 6.45) is 4.25. The lowest BCUT2D eigenvalue weighted by Crippen LogP contribution is -2.37. The highest BCUT2D eigenvalue weighted by atomic mass is 32.1. The third-order valence-corrected chi connectivity index (χ3v) is 4.03. The minimum absolute atomic E-state index is 0.200. The number of rotatable bonds is 6. The predicted octanol–water partition coefficient (Wildman–Crippen LogP) is 3.22. The molecule has 1 fully saturated rings. The Morgan fingerprint density at radius 3 is 2.48 bits per heavy atom. The lowest BCUT2D eigenvalue weighted by atomic mass is 10.1. The Kier molecular flexibility index (Phi) is 6.46. The molecule has 2 rings (SSSR count). The fourth-order valence-corrected chi connectivity index (χ4v) is 2.81. The zero-order chi connectivity index (χ0) is 15.1. The first kappa shape index (κ1) is 16.2.